The van der Waals surface area contributed by atoms with Gasteiger partial charge in [0.25, 0.3) is 0 Å². The van der Waals surface area contributed by atoms with E-state index in [2.05, 4.69) is 53.6 Å². The number of likely N-dealkylation sites (tertiary alicyclic amines) is 1. The third kappa shape index (κ3) is 7.39. The van der Waals surface area contributed by atoms with Crippen molar-refractivity contribution in [2.75, 3.05) is 5.75 Å². The Morgan fingerprint density at radius 2 is 1.20 bits per heavy atom. The van der Waals surface area contributed by atoms with Gasteiger partial charge in [0.05, 0.1) is 11.3 Å². The van der Waals surface area contributed by atoms with Crippen molar-refractivity contribution < 1.29 is 14.3 Å². The molecular weight excluding hydrogens is 625 g/mol. The summed E-state index contributed by atoms with van der Waals surface area (Å²) in [6.45, 7) is 3.79. The number of hydrogen-bond acceptors (Lipinski definition) is 5. The lowest BCUT2D eigenvalue weighted by atomic mass is 9.76. The molecule has 244 valence electrons. The molecule has 1 N–H and O–H groups in total. The van der Waals surface area contributed by atoms with Gasteiger partial charge in [-0.05, 0) is 53.8 Å². The number of rotatable bonds is 11. The predicted molar refractivity (Wildman–Crippen MR) is 197 cm³/mol. The van der Waals surface area contributed by atoms with E-state index in [1.54, 1.807) is 4.90 Å². The van der Waals surface area contributed by atoms with Gasteiger partial charge < -0.3 is 4.74 Å². The van der Waals surface area contributed by atoms with Crippen molar-refractivity contribution in [3.05, 3.63) is 191 Å². The minimum absolute atomic E-state index is 0.111. The number of hydrogen-bond donors (Lipinski definition) is 1. The molecule has 1 fully saturated rings. The fourth-order valence-electron chi connectivity index (χ4n) is 6.17. The maximum atomic E-state index is 14.5. The Balaban J connectivity index is 1.38. The average molecular weight is 663 g/mol. The van der Waals surface area contributed by atoms with E-state index in [0.29, 0.717) is 11.3 Å². The second-order valence-electron chi connectivity index (χ2n) is 12.0. The normalized spacial score (nSPS) is 15.4. The molecule has 49 heavy (non-hydrogen) atoms. The molecule has 0 saturated carbocycles. The number of benzene rings is 5. The smallest absolute Gasteiger partial charge is 0.355 e. The molecule has 5 aromatic rings. The zero-order valence-corrected chi connectivity index (χ0v) is 28.4. The van der Waals surface area contributed by atoms with Crippen LogP contribution in [-0.2, 0) is 26.5 Å². The maximum Gasteiger partial charge on any atom is 0.355 e. The summed E-state index contributed by atoms with van der Waals surface area (Å²) in [7, 11) is 0. The molecule has 0 spiro atoms. The number of carbonyl (C=O) groups excluding carboxylic acids is 2. The number of thioether (sulfide) groups is 1. The van der Waals surface area contributed by atoms with E-state index in [9.17, 15) is 9.59 Å². The molecule has 2 atom stereocenters. The quantitative estimate of drug-likeness (QED) is 0.0512. The standard InChI is InChI=1S/C43H38N2O3S/c1-32(2)39(42(47)48-31-34-21-10-4-11-22-34)45-40(46)38(41(45)49-30-18-23-33-19-8-3-9-20-33)44-43(35-24-12-5-13-25-35,36-26-14-6-15-27-36)37-28-16-7-17-29-37/h3-17,19-22,24-29,38,41,44H,30-31H2,1-2H3. The van der Waals surface area contributed by atoms with Gasteiger partial charge in [0.2, 0.25) is 5.91 Å². The first-order chi connectivity index (χ1) is 24.0. The van der Waals surface area contributed by atoms with Gasteiger partial charge in [0, 0.05) is 5.56 Å². The van der Waals surface area contributed by atoms with Crippen LogP contribution in [0, 0.1) is 11.8 Å². The molecular formula is C43H38N2O3S. The number of amides is 1. The first-order valence-electron chi connectivity index (χ1n) is 16.3. The van der Waals surface area contributed by atoms with Crippen LogP contribution in [0.4, 0.5) is 0 Å². The lowest BCUT2D eigenvalue weighted by Crippen LogP contribution is -2.72. The van der Waals surface area contributed by atoms with Crippen LogP contribution in [0.2, 0.25) is 0 Å². The molecule has 5 nitrogen and oxygen atoms in total. The molecule has 5 aromatic carbocycles. The van der Waals surface area contributed by atoms with E-state index in [1.807, 2.05) is 129 Å². The summed E-state index contributed by atoms with van der Waals surface area (Å²) in [5.74, 6) is 6.22. The molecule has 2 unspecified atom stereocenters. The molecule has 6 heteroatoms. The molecule has 0 bridgehead atoms. The summed E-state index contributed by atoms with van der Waals surface area (Å²) in [5, 5.41) is 3.42. The zero-order chi connectivity index (χ0) is 34.1. The molecule has 1 saturated heterocycles. The lowest BCUT2D eigenvalue weighted by Gasteiger charge is -2.51. The van der Waals surface area contributed by atoms with Crippen molar-refractivity contribution >= 4 is 23.6 Å². The van der Waals surface area contributed by atoms with Crippen molar-refractivity contribution in [1.29, 1.82) is 0 Å². The van der Waals surface area contributed by atoms with Crippen LogP contribution in [0.15, 0.2) is 163 Å². The molecule has 0 radical (unpaired) electrons. The number of allylic oxidation sites excluding steroid dienone is 1. The number of nitrogens with one attached hydrogen (secondary N) is 1. The SMILES string of the molecule is CC(C)=C(C(=O)OCc1ccccc1)N1C(=O)C(NC(c2ccccc2)(c2ccccc2)c2ccccc2)C1SCC#Cc1ccccc1. The Labute approximate surface area is 293 Å². The van der Waals surface area contributed by atoms with Crippen LogP contribution in [0.5, 0.6) is 0 Å². The Morgan fingerprint density at radius 3 is 1.69 bits per heavy atom. The van der Waals surface area contributed by atoms with Gasteiger partial charge >= 0.3 is 5.97 Å². The molecule has 1 amide bonds. The molecule has 0 aliphatic carbocycles. The molecule has 1 heterocycles. The summed E-state index contributed by atoms with van der Waals surface area (Å²) in [6.07, 6.45) is 0. The van der Waals surface area contributed by atoms with Crippen molar-refractivity contribution in [3.8, 4) is 11.8 Å². The van der Waals surface area contributed by atoms with E-state index in [4.69, 9.17) is 4.74 Å². The Hall–Kier alpha value is -5.35. The van der Waals surface area contributed by atoms with Gasteiger partial charge in [0.15, 0.2) is 0 Å². The predicted octanol–water partition coefficient (Wildman–Crippen LogP) is 7.93. The zero-order valence-electron chi connectivity index (χ0n) is 27.6. The highest BCUT2D eigenvalue weighted by molar-refractivity contribution is 8.00. The number of nitrogens with zero attached hydrogens (tertiary/aromatic N) is 1. The fourth-order valence-corrected chi connectivity index (χ4v) is 7.24. The minimum Gasteiger partial charge on any atom is -0.456 e. The van der Waals surface area contributed by atoms with Crippen LogP contribution in [0.1, 0.15) is 41.7 Å². The highest BCUT2D eigenvalue weighted by Crippen LogP contribution is 2.42. The van der Waals surface area contributed by atoms with E-state index < -0.39 is 22.9 Å². The first-order valence-corrected chi connectivity index (χ1v) is 17.4. The minimum atomic E-state index is -0.871. The van der Waals surface area contributed by atoms with Crippen molar-refractivity contribution in [2.24, 2.45) is 0 Å². The third-order valence-corrected chi connectivity index (χ3v) is 9.62. The number of β-lactam (4-membered cyclic amide) rings is 1. The van der Waals surface area contributed by atoms with Crippen LogP contribution in [0.25, 0.3) is 0 Å². The van der Waals surface area contributed by atoms with E-state index >= 15 is 0 Å². The summed E-state index contributed by atoms with van der Waals surface area (Å²) < 4.78 is 5.78. The molecule has 1 aliphatic rings. The number of esters is 1. The second-order valence-corrected chi connectivity index (χ2v) is 13.1. The largest absolute Gasteiger partial charge is 0.456 e. The van der Waals surface area contributed by atoms with Crippen LogP contribution in [-0.4, -0.2) is 33.9 Å². The topological polar surface area (TPSA) is 58.6 Å². The summed E-state index contributed by atoms with van der Waals surface area (Å²) in [5.41, 5.74) is 4.87. The Morgan fingerprint density at radius 1 is 0.735 bits per heavy atom. The molecule has 1 aliphatic heterocycles. The Kier molecular flexibility index (Phi) is 10.7. The molecule has 6 rings (SSSR count). The second kappa shape index (κ2) is 15.7. The van der Waals surface area contributed by atoms with E-state index in [1.165, 1.54) is 11.8 Å². The maximum absolute atomic E-state index is 14.5. The summed E-state index contributed by atoms with van der Waals surface area (Å²) >= 11 is 1.53. The van der Waals surface area contributed by atoms with Crippen LogP contribution in [0.3, 0.4) is 0 Å². The van der Waals surface area contributed by atoms with Crippen LogP contribution >= 0.6 is 11.8 Å². The number of carbonyl (C=O) groups is 2. The lowest BCUT2D eigenvalue weighted by molar-refractivity contribution is -0.152. The van der Waals surface area contributed by atoms with Crippen molar-refractivity contribution in [3.63, 3.8) is 0 Å². The third-order valence-electron chi connectivity index (χ3n) is 8.49. The highest BCUT2D eigenvalue weighted by Gasteiger charge is 2.54. The van der Waals surface area contributed by atoms with E-state index in [0.717, 1.165) is 27.8 Å². The van der Waals surface area contributed by atoms with Gasteiger partial charge in [-0.2, -0.15) is 0 Å². The van der Waals surface area contributed by atoms with Gasteiger partial charge in [-0.25, -0.2) is 4.79 Å². The Bertz CT molecular complexity index is 1850. The summed E-state index contributed by atoms with van der Waals surface area (Å²) in [6, 6.07) is 49.3. The van der Waals surface area contributed by atoms with Crippen molar-refractivity contribution in [2.45, 2.75) is 37.4 Å². The van der Waals surface area contributed by atoms with Gasteiger partial charge in [-0.15, -0.1) is 11.8 Å². The molecule has 0 aromatic heterocycles. The van der Waals surface area contributed by atoms with Crippen LogP contribution < -0.4 is 5.32 Å². The van der Waals surface area contributed by atoms with Gasteiger partial charge in [0.1, 0.15) is 23.7 Å². The summed E-state index contributed by atoms with van der Waals surface area (Å²) in [4.78, 5) is 29.8. The first kappa shape index (κ1) is 33.5. The number of ether oxygens (including phenoxy) is 1. The average Bonchev–Trinajstić information content (AvgIpc) is 3.16. The fraction of sp³-hybridized carbons (Fsp3) is 0.163. The van der Waals surface area contributed by atoms with Gasteiger partial charge in [-0.1, -0.05) is 151 Å². The van der Waals surface area contributed by atoms with Crippen molar-refractivity contribution in [1.82, 2.24) is 10.2 Å². The van der Waals surface area contributed by atoms with E-state index in [-0.39, 0.29) is 18.2 Å². The van der Waals surface area contributed by atoms with Gasteiger partial charge in [-0.3, -0.25) is 15.0 Å². The highest BCUT2D eigenvalue weighted by atomic mass is 32.2. The monoisotopic (exact) mass is 662 g/mol.